The van der Waals surface area contributed by atoms with Gasteiger partial charge in [0.15, 0.2) is 5.78 Å². The van der Waals surface area contributed by atoms with Gasteiger partial charge in [0, 0.05) is 23.4 Å². The van der Waals surface area contributed by atoms with Crippen molar-refractivity contribution in [2.75, 3.05) is 6.54 Å². The molecule has 0 heterocycles. The number of rotatable bonds is 14. The van der Waals surface area contributed by atoms with Crippen molar-refractivity contribution in [1.82, 2.24) is 4.90 Å². The van der Waals surface area contributed by atoms with Crippen molar-refractivity contribution in [3.63, 3.8) is 0 Å². The van der Waals surface area contributed by atoms with E-state index in [1.54, 1.807) is 65.5 Å². The molecule has 75 heavy (non-hydrogen) atoms. The molecule has 13 heteroatoms. The number of esters is 4. The highest BCUT2D eigenvalue weighted by Gasteiger charge is 2.70. The molecular weight excluding hydrogens is 970 g/mol. The van der Waals surface area contributed by atoms with Gasteiger partial charge < -0.3 is 28.6 Å². The molecule has 5 aliphatic rings. The molecule has 0 saturated heterocycles. The monoisotopic (exact) mass is 1060 g/mol. The number of Topliss-reactive ketones (excluding diaryl/α,β-unsaturated/α-hetero) is 1. The van der Waals surface area contributed by atoms with Crippen LogP contribution in [0.25, 0.3) is 0 Å². The minimum Gasteiger partial charge on any atom is -0.462 e. The van der Waals surface area contributed by atoms with Crippen LogP contribution in [0.5, 0.6) is 0 Å². The minimum atomic E-state index is -1.24. The predicted octanol–water partition coefficient (Wildman–Crippen LogP) is 14.0. The predicted molar refractivity (Wildman–Crippen MR) is 291 cm³/mol. The maximum atomic E-state index is 15.0. The number of hydrogen-bond acceptors (Lipinski definition) is 11. The van der Waals surface area contributed by atoms with Gasteiger partial charge in [-0.05, 0) is 216 Å². The van der Waals surface area contributed by atoms with Crippen LogP contribution in [0.15, 0.2) is 35.4 Å². The summed E-state index contributed by atoms with van der Waals surface area (Å²) in [4.78, 5) is 86.1. The van der Waals surface area contributed by atoms with Crippen LogP contribution < -0.4 is 0 Å². The molecule has 0 spiro atoms. The Balaban J connectivity index is 1.36. The van der Waals surface area contributed by atoms with Crippen molar-refractivity contribution in [2.24, 2.45) is 62.1 Å². The smallest absolute Gasteiger partial charge is 0.410 e. The summed E-state index contributed by atoms with van der Waals surface area (Å²) in [5.74, 6) is -1.20. The first-order valence-electron chi connectivity index (χ1n) is 28.0. The number of carbonyl (C=O) groups excluding carboxylic acids is 6. The number of ketones is 1. The van der Waals surface area contributed by atoms with Gasteiger partial charge in [-0.1, -0.05) is 65.3 Å². The minimum absolute atomic E-state index is 0.00908. The van der Waals surface area contributed by atoms with Crippen LogP contribution in [-0.2, 0) is 54.2 Å². The first-order chi connectivity index (χ1) is 34.2. The van der Waals surface area contributed by atoms with Gasteiger partial charge in [-0.15, -0.1) is 0 Å². The first-order valence-corrected chi connectivity index (χ1v) is 28.4. The summed E-state index contributed by atoms with van der Waals surface area (Å²) in [6.07, 6.45) is 4.72. The van der Waals surface area contributed by atoms with Gasteiger partial charge in [0.1, 0.15) is 29.0 Å². The Kier molecular flexibility index (Phi) is 16.9. The maximum absolute atomic E-state index is 15.0. The molecule has 0 aromatic heterocycles. The van der Waals surface area contributed by atoms with E-state index in [-0.39, 0.29) is 84.2 Å². The Bertz CT molecular complexity index is 2380. The van der Waals surface area contributed by atoms with Crippen LogP contribution in [0, 0.1) is 62.1 Å². The second-order valence-corrected chi connectivity index (χ2v) is 29.4. The van der Waals surface area contributed by atoms with Crippen LogP contribution in [0.2, 0.25) is 5.02 Å². The molecule has 4 saturated carbocycles. The highest BCUT2D eigenvalue weighted by molar-refractivity contribution is 6.30. The number of carbonyl (C=O) groups is 6. The van der Waals surface area contributed by atoms with Gasteiger partial charge in [-0.3, -0.25) is 24.0 Å². The van der Waals surface area contributed by atoms with E-state index in [9.17, 15) is 24.0 Å². The first kappa shape index (κ1) is 60.3. The molecule has 5 aliphatic carbocycles. The van der Waals surface area contributed by atoms with Crippen LogP contribution in [0.1, 0.15) is 208 Å². The fourth-order valence-electron chi connectivity index (χ4n) is 14.8. The molecule has 4 fully saturated rings. The van der Waals surface area contributed by atoms with Crippen LogP contribution >= 0.6 is 11.6 Å². The molecule has 1 amide bonds. The highest BCUT2D eigenvalue weighted by Crippen LogP contribution is 2.76. The second kappa shape index (κ2) is 21.0. The lowest BCUT2D eigenvalue weighted by atomic mass is 9.33. The zero-order chi connectivity index (χ0) is 56.4. The number of fused-ring (bicyclic) bond motifs is 7. The second-order valence-electron chi connectivity index (χ2n) is 28.9. The Labute approximate surface area is 455 Å². The Morgan fingerprint density at radius 2 is 1.24 bits per heavy atom. The average Bonchev–Trinajstić information content (AvgIpc) is 3.56. The summed E-state index contributed by atoms with van der Waals surface area (Å²) in [5, 5.41) is 0.554. The summed E-state index contributed by atoms with van der Waals surface area (Å²) >= 11 is 6.33. The largest absolute Gasteiger partial charge is 0.462 e. The fourth-order valence-corrected chi connectivity index (χ4v) is 14.9. The van der Waals surface area contributed by atoms with Crippen molar-refractivity contribution >= 4 is 47.4 Å². The van der Waals surface area contributed by atoms with E-state index in [4.69, 9.17) is 35.3 Å². The van der Waals surface area contributed by atoms with Gasteiger partial charge in [0.05, 0.1) is 30.2 Å². The van der Waals surface area contributed by atoms with Gasteiger partial charge in [0.2, 0.25) is 0 Å². The SMILES string of the molecule is CC(C)C1=C2[C@H]3CC[C@@H]4[C@@]5(C)CC[C@H](OC(=O)CC(C)(C)C(=O)OC(C)(C)C)[C@H](C)[C@@H]5CC[C@@]4(C)[C@]3(C)CC[C@@]2([C@H](CN(Cc2ccc(Cl)cc2)C(=O)OC(C)(C)C)OC(=O)CC(C)(C)C(=O)OC(C)(C)C)CC1=O. The Morgan fingerprint density at radius 3 is 1.77 bits per heavy atom. The van der Waals surface area contributed by atoms with E-state index >= 15 is 4.79 Å². The molecule has 0 radical (unpaired) electrons. The van der Waals surface area contributed by atoms with Crippen molar-refractivity contribution < 1.29 is 52.5 Å². The Hall–Kier alpha value is -3.93. The van der Waals surface area contributed by atoms with E-state index in [2.05, 4.69) is 41.5 Å². The van der Waals surface area contributed by atoms with E-state index in [1.807, 2.05) is 53.7 Å². The highest BCUT2D eigenvalue weighted by atomic mass is 35.5. The van der Waals surface area contributed by atoms with E-state index in [1.165, 1.54) is 0 Å². The molecule has 0 unspecified atom stereocenters. The number of nitrogens with zero attached hydrogens (tertiary/aromatic N) is 1. The molecule has 1 aromatic rings. The third-order valence-corrected chi connectivity index (χ3v) is 18.8. The number of benzene rings is 1. The number of ether oxygens (including phenoxy) is 5. The standard InChI is InChI=1S/C62H94ClNO11/c1-37(2)49-43(65)32-62(46(72-48(67)34-58(15,16)52(69)74-55(7,8)9)36-64(53(70)75-56(10,11)12)35-39-20-22-40(63)23-21-39)31-30-60(18)42(50(49)62)24-25-45-59(17)28-27-44(38(3)41(59)26-29-61(45,60)19)71-47(66)33-57(13,14)51(68)73-54(4,5)6/h20-23,37-38,41-42,44-46H,24-36H2,1-19H3/t38-,41+,42-,44+,45-,46+,59+,60-,61-,62+/m1/s1. The number of hydrogen-bond donors (Lipinski definition) is 0. The third kappa shape index (κ3) is 12.5. The summed E-state index contributed by atoms with van der Waals surface area (Å²) in [7, 11) is 0. The number of amides is 1. The van der Waals surface area contributed by atoms with E-state index < -0.39 is 63.2 Å². The van der Waals surface area contributed by atoms with Gasteiger partial charge in [-0.25, -0.2) is 4.79 Å². The molecule has 420 valence electrons. The molecule has 12 nitrogen and oxygen atoms in total. The quantitative estimate of drug-likeness (QED) is 0.129. The Morgan fingerprint density at radius 1 is 0.693 bits per heavy atom. The molecule has 10 atom stereocenters. The summed E-state index contributed by atoms with van der Waals surface area (Å²) in [6.45, 7) is 37.1. The van der Waals surface area contributed by atoms with E-state index in [0.29, 0.717) is 23.3 Å². The molecule has 0 aliphatic heterocycles. The molecule has 0 bridgehead atoms. The summed E-state index contributed by atoms with van der Waals surface area (Å²) in [6, 6.07) is 7.27. The normalized spacial score (nSPS) is 30.5. The summed E-state index contributed by atoms with van der Waals surface area (Å²) in [5.41, 5.74) is -3.19. The van der Waals surface area contributed by atoms with Crippen LogP contribution in [0.3, 0.4) is 0 Å². The zero-order valence-corrected chi connectivity index (χ0v) is 50.1. The number of allylic oxidation sites excluding steroid dienone is 1. The van der Waals surface area contributed by atoms with Gasteiger partial charge in [-0.2, -0.15) is 0 Å². The van der Waals surface area contributed by atoms with E-state index in [0.717, 1.165) is 61.7 Å². The lowest BCUT2D eigenvalue weighted by Crippen LogP contribution is -2.65. The number of halogens is 1. The molecular formula is C62H94ClNO11. The van der Waals surface area contributed by atoms with Gasteiger partial charge >= 0.3 is 30.0 Å². The summed E-state index contributed by atoms with van der Waals surface area (Å²) < 4.78 is 30.7. The van der Waals surface area contributed by atoms with Crippen molar-refractivity contribution in [3.8, 4) is 0 Å². The van der Waals surface area contributed by atoms with Crippen molar-refractivity contribution in [1.29, 1.82) is 0 Å². The van der Waals surface area contributed by atoms with Crippen molar-refractivity contribution in [3.05, 3.63) is 46.0 Å². The van der Waals surface area contributed by atoms with Crippen LogP contribution in [-0.4, -0.2) is 76.2 Å². The fraction of sp³-hybridized carbons (Fsp3) is 0.774. The third-order valence-electron chi connectivity index (χ3n) is 18.6. The zero-order valence-electron chi connectivity index (χ0n) is 49.4. The average molecular weight is 1060 g/mol. The maximum Gasteiger partial charge on any atom is 0.410 e. The lowest BCUT2D eigenvalue weighted by molar-refractivity contribution is -0.219. The topological polar surface area (TPSA) is 152 Å². The van der Waals surface area contributed by atoms with Gasteiger partial charge in [0.25, 0.3) is 0 Å². The lowest BCUT2D eigenvalue weighted by Gasteiger charge is -2.71. The van der Waals surface area contributed by atoms with Crippen molar-refractivity contribution in [2.45, 2.75) is 238 Å². The molecule has 1 aromatic carbocycles. The molecule has 6 rings (SSSR count). The molecule has 0 N–H and O–H groups in total. The van der Waals surface area contributed by atoms with Crippen LogP contribution in [0.4, 0.5) is 4.79 Å².